The van der Waals surface area contributed by atoms with Crippen LogP contribution in [-0.2, 0) is 17.6 Å². The number of carbonyl (C=O) groups is 1. The van der Waals surface area contributed by atoms with Crippen LogP contribution in [0.4, 0.5) is 0 Å². The van der Waals surface area contributed by atoms with Crippen LogP contribution in [0, 0.1) is 0 Å². The van der Waals surface area contributed by atoms with Crippen LogP contribution >= 0.6 is 24.0 Å². The van der Waals surface area contributed by atoms with E-state index in [-0.39, 0.29) is 30.6 Å². The molecule has 0 spiro atoms. The fourth-order valence-corrected chi connectivity index (χ4v) is 2.57. The summed E-state index contributed by atoms with van der Waals surface area (Å²) in [6, 6.07) is 15.7. The standard InChI is InChI=1S/C21H28N4O3.HI/c1-23-21(24-13-11-16-3-7-18(27-2)8-4-16)25-14-12-17-5-9-19(10-6-17)28-15-20(22)26;/h3-10H,11-15H2,1-2H3,(H2,22,26)(H2,23,24,25);1H. The molecule has 0 radical (unpaired) electrons. The van der Waals surface area contributed by atoms with E-state index in [4.69, 9.17) is 15.2 Å². The summed E-state index contributed by atoms with van der Waals surface area (Å²) in [6.07, 6.45) is 1.74. The Labute approximate surface area is 189 Å². The first-order chi connectivity index (χ1) is 13.6. The monoisotopic (exact) mass is 512 g/mol. The Hall–Kier alpha value is -2.49. The first-order valence-corrected chi connectivity index (χ1v) is 9.18. The van der Waals surface area contributed by atoms with Crippen LogP contribution in [0.1, 0.15) is 11.1 Å². The molecule has 0 saturated carbocycles. The molecule has 4 N–H and O–H groups in total. The molecule has 0 atom stereocenters. The molecule has 158 valence electrons. The highest BCUT2D eigenvalue weighted by atomic mass is 127. The zero-order valence-electron chi connectivity index (χ0n) is 16.8. The minimum atomic E-state index is -0.487. The van der Waals surface area contributed by atoms with Gasteiger partial charge in [0.05, 0.1) is 7.11 Å². The van der Waals surface area contributed by atoms with Crippen molar-refractivity contribution < 1.29 is 14.3 Å². The summed E-state index contributed by atoms with van der Waals surface area (Å²) < 4.78 is 10.4. The Morgan fingerprint density at radius 3 is 1.83 bits per heavy atom. The second kappa shape index (κ2) is 13.6. The van der Waals surface area contributed by atoms with Gasteiger partial charge in [0.25, 0.3) is 5.91 Å². The number of nitrogens with two attached hydrogens (primary N) is 1. The Balaban J connectivity index is 0.00000420. The Kier molecular flexibility index (Phi) is 11.6. The minimum Gasteiger partial charge on any atom is -0.497 e. The summed E-state index contributed by atoms with van der Waals surface area (Å²) in [5.41, 5.74) is 7.46. The van der Waals surface area contributed by atoms with Crippen molar-refractivity contribution in [1.29, 1.82) is 0 Å². The zero-order chi connectivity index (χ0) is 20.2. The molecule has 0 fully saturated rings. The predicted molar refractivity (Wildman–Crippen MR) is 126 cm³/mol. The molecule has 2 aromatic carbocycles. The van der Waals surface area contributed by atoms with Crippen LogP contribution in [-0.4, -0.2) is 45.7 Å². The summed E-state index contributed by atoms with van der Waals surface area (Å²) >= 11 is 0. The highest BCUT2D eigenvalue weighted by molar-refractivity contribution is 14.0. The topological polar surface area (TPSA) is 98.0 Å². The summed E-state index contributed by atoms with van der Waals surface area (Å²) in [6.45, 7) is 1.43. The van der Waals surface area contributed by atoms with E-state index in [9.17, 15) is 4.79 Å². The van der Waals surface area contributed by atoms with Gasteiger partial charge in [0, 0.05) is 20.1 Å². The number of guanidine groups is 1. The number of halogens is 1. The first kappa shape index (κ1) is 24.5. The van der Waals surface area contributed by atoms with Crippen molar-refractivity contribution in [2.45, 2.75) is 12.8 Å². The molecule has 0 aromatic heterocycles. The average Bonchev–Trinajstić information content (AvgIpc) is 2.72. The van der Waals surface area contributed by atoms with Gasteiger partial charge in [0.2, 0.25) is 0 Å². The van der Waals surface area contributed by atoms with E-state index in [0.717, 1.165) is 43.2 Å². The lowest BCUT2D eigenvalue weighted by atomic mass is 10.1. The summed E-state index contributed by atoms with van der Waals surface area (Å²) in [4.78, 5) is 15.0. The lowest BCUT2D eigenvalue weighted by Crippen LogP contribution is -2.39. The maximum atomic E-state index is 10.7. The fourth-order valence-electron chi connectivity index (χ4n) is 2.57. The number of hydrogen-bond donors (Lipinski definition) is 3. The molecule has 2 aromatic rings. The fraction of sp³-hybridized carbons (Fsp3) is 0.333. The summed E-state index contributed by atoms with van der Waals surface area (Å²) in [7, 11) is 3.42. The molecule has 2 rings (SSSR count). The molecule has 29 heavy (non-hydrogen) atoms. The van der Waals surface area contributed by atoms with Crippen LogP contribution in [0.2, 0.25) is 0 Å². The normalized spacial score (nSPS) is 10.6. The van der Waals surface area contributed by atoms with Gasteiger partial charge in [-0.1, -0.05) is 24.3 Å². The zero-order valence-corrected chi connectivity index (χ0v) is 19.1. The van der Waals surface area contributed by atoms with E-state index >= 15 is 0 Å². The van der Waals surface area contributed by atoms with Crippen LogP contribution in [0.3, 0.4) is 0 Å². The highest BCUT2D eigenvalue weighted by Crippen LogP contribution is 2.12. The number of nitrogens with one attached hydrogen (secondary N) is 2. The smallest absolute Gasteiger partial charge is 0.255 e. The van der Waals surface area contributed by atoms with Gasteiger partial charge < -0.3 is 25.8 Å². The molecular weight excluding hydrogens is 483 g/mol. The van der Waals surface area contributed by atoms with Gasteiger partial charge in [0.1, 0.15) is 11.5 Å². The number of carbonyl (C=O) groups excluding carboxylic acids is 1. The van der Waals surface area contributed by atoms with Gasteiger partial charge in [-0.25, -0.2) is 0 Å². The third-order valence-electron chi connectivity index (χ3n) is 4.10. The molecule has 0 aliphatic heterocycles. The third-order valence-corrected chi connectivity index (χ3v) is 4.10. The van der Waals surface area contributed by atoms with Crippen LogP contribution in [0.15, 0.2) is 53.5 Å². The van der Waals surface area contributed by atoms with Gasteiger partial charge in [-0.15, -0.1) is 24.0 Å². The maximum absolute atomic E-state index is 10.7. The molecule has 1 amide bonds. The molecule has 0 saturated heterocycles. The summed E-state index contributed by atoms with van der Waals surface area (Å²) in [5, 5.41) is 6.62. The lowest BCUT2D eigenvalue weighted by molar-refractivity contribution is -0.119. The Morgan fingerprint density at radius 1 is 0.931 bits per heavy atom. The van der Waals surface area contributed by atoms with E-state index in [1.54, 1.807) is 14.2 Å². The number of rotatable bonds is 10. The van der Waals surface area contributed by atoms with Crippen molar-refractivity contribution in [1.82, 2.24) is 10.6 Å². The van der Waals surface area contributed by atoms with Gasteiger partial charge in [-0.3, -0.25) is 9.79 Å². The first-order valence-electron chi connectivity index (χ1n) is 9.18. The number of benzene rings is 2. The maximum Gasteiger partial charge on any atom is 0.255 e. The van der Waals surface area contributed by atoms with Gasteiger partial charge in [-0.05, 0) is 48.2 Å². The van der Waals surface area contributed by atoms with Crippen LogP contribution < -0.4 is 25.8 Å². The second-order valence-corrected chi connectivity index (χ2v) is 6.17. The van der Waals surface area contributed by atoms with Gasteiger partial charge in [0.15, 0.2) is 12.6 Å². The minimum absolute atomic E-state index is 0. The number of ether oxygens (including phenoxy) is 2. The number of hydrogen-bond acceptors (Lipinski definition) is 4. The van der Waals surface area contributed by atoms with E-state index in [0.29, 0.717) is 5.75 Å². The van der Waals surface area contributed by atoms with Gasteiger partial charge in [-0.2, -0.15) is 0 Å². The molecule has 0 aliphatic carbocycles. The van der Waals surface area contributed by atoms with Crippen molar-refractivity contribution in [3.8, 4) is 11.5 Å². The Morgan fingerprint density at radius 2 is 1.41 bits per heavy atom. The number of aliphatic imine (C=N–C) groups is 1. The predicted octanol–water partition coefficient (Wildman–Crippen LogP) is 2.13. The van der Waals surface area contributed by atoms with Crippen molar-refractivity contribution in [2.24, 2.45) is 10.7 Å². The number of primary amides is 1. The molecule has 0 bridgehead atoms. The summed E-state index contributed by atoms with van der Waals surface area (Å²) in [5.74, 6) is 1.78. The van der Waals surface area contributed by atoms with E-state index in [2.05, 4.69) is 27.8 Å². The SMILES string of the molecule is CN=C(NCCc1ccc(OC)cc1)NCCc1ccc(OCC(N)=O)cc1.I. The van der Waals surface area contributed by atoms with Crippen LogP contribution in [0.5, 0.6) is 11.5 Å². The molecule has 8 heteroatoms. The van der Waals surface area contributed by atoms with E-state index in [1.165, 1.54) is 5.56 Å². The van der Waals surface area contributed by atoms with E-state index < -0.39 is 5.91 Å². The molecule has 7 nitrogen and oxygen atoms in total. The highest BCUT2D eigenvalue weighted by Gasteiger charge is 2.01. The van der Waals surface area contributed by atoms with Crippen molar-refractivity contribution >= 4 is 35.8 Å². The third kappa shape index (κ3) is 9.51. The quantitative estimate of drug-likeness (QED) is 0.258. The molecule has 0 aliphatic rings. The number of amides is 1. The largest absolute Gasteiger partial charge is 0.497 e. The molecular formula is C21H29IN4O3. The van der Waals surface area contributed by atoms with Gasteiger partial charge >= 0.3 is 0 Å². The molecule has 0 unspecified atom stereocenters. The lowest BCUT2D eigenvalue weighted by Gasteiger charge is -2.12. The average molecular weight is 512 g/mol. The van der Waals surface area contributed by atoms with Crippen molar-refractivity contribution in [3.63, 3.8) is 0 Å². The van der Waals surface area contributed by atoms with Crippen molar-refractivity contribution in [3.05, 3.63) is 59.7 Å². The van der Waals surface area contributed by atoms with E-state index in [1.807, 2.05) is 36.4 Å². The Bertz CT molecular complexity index is 765. The van der Waals surface area contributed by atoms with Crippen molar-refractivity contribution in [2.75, 3.05) is 33.9 Å². The number of methoxy groups -OCH3 is 1. The second-order valence-electron chi connectivity index (χ2n) is 6.17. The van der Waals surface area contributed by atoms with Crippen LogP contribution in [0.25, 0.3) is 0 Å². The number of nitrogens with zero attached hydrogens (tertiary/aromatic N) is 1. The molecule has 0 heterocycles.